The maximum atomic E-state index is 11.5. The van der Waals surface area contributed by atoms with Crippen LogP contribution < -0.4 is 10.5 Å². The number of ether oxygens (including phenoxy) is 1. The molecule has 0 amide bonds. The number of nitrogen functional groups attached to an aromatic ring is 1. The molecule has 0 aliphatic carbocycles. The molecule has 1 aromatic heterocycles. The van der Waals surface area contributed by atoms with E-state index < -0.39 is 4.92 Å². The van der Waals surface area contributed by atoms with Gasteiger partial charge in [-0.3, -0.25) is 10.1 Å². The van der Waals surface area contributed by atoms with Crippen molar-refractivity contribution in [3.63, 3.8) is 0 Å². The molecule has 1 heterocycles. The van der Waals surface area contributed by atoms with Crippen molar-refractivity contribution in [3.05, 3.63) is 66.1 Å². The van der Waals surface area contributed by atoms with Crippen molar-refractivity contribution in [2.45, 2.75) is 6.61 Å². The van der Waals surface area contributed by atoms with E-state index in [4.69, 9.17) is 33.7 Å². The molecule has 28 heavy (non-hydrogen) atoms. The minimum Gasteiger partial charge on any atom is -0.481 e. The molecule has 3 rings (SSSR count). The number of anilines is 1. The first-order valence-corrected chi connectivity index (χ1v) is 9.03. The molecule has 0 spiro atoms. The quantitative estimate of drug-likeness (QED) is 0.318. The monoisotopic (exact) mass is 485 g/mol. The molecule has 13 heteroatoms. The summed E-state index contributed by atoms with van der Waals surface area (Å²) in [7, 11) is 0. The molecule has 10 nitrogen and oxygen atoms in total. The smallest absolute Gasteiger partial charge is 0.312 e. The average Bonchev–Trinajstić information content (AvgIpc) is 3.04. The summed E-state index contributed by atoms with van der Waals surface area (Å²) < 4.78 is 6.18. The van der Waals surface area contributed by atoms with Crippen molar-refractivity contribution in [1.82, 2.24) is 20.3 Å². The van der Waals surface area contributed by atoms with Crippen LogP contribution in [0.3, 0.4) is 0 Å². The molecule has 0 aliphatic heterocycles. The van der Waals surface area contributed by atoms with Crippen LogP contribution in [0, 0.1) is 10.1 Å². The fourth-order valence-electron chi connectivity index (χ4n) is 2.17. The van der Waals surface area contributed by atoms with E-state index in [9.17, 15) is 10.1 Å². The van der Waals surface area contributed by atoms with Gasteiger partial charge in [-0.15, -0.1) is 0 Å². The van der Waals surface area contributed by atoms with Gasteiger partial charge in [-0.2, -0.15) is 5.10 Å². The van der Waals surface area contributed by atoms with Gasteiger partial charge in [0.05, 0.1) is 11.1 Å². The second-order valence-corrected chi connectivity index (χ2v) is 7.06. The highest BCUT2D eigenvalue weighted by Crippen LogP contribution is 2.35. The summed E-state index contributed by atoms with van der Waals surface area (Å²) in [6.07, 6.45) is 1.29. The van der Waals surface area contributed by atoms with Crippen LogP contribution in [0.15, 0.2) is 39.9 Å². The molecule has 0 radical (unpaired) electrons. The van der Waals surface area contributed by atoms with E-state index in [0.29, 0.717) is 25.6 Å². The summed E-state index contributed by atoms with van der Waals surface area (Å²) in [4.78, 5) is 11.9. The highest BCUT2D eigenvalue weighted by Gasteiger charge is 2.21. The van der Waals surface area contributed by atoms with Crippen LogP contribution in [0.1, 0.15) is 11.1 Å². The first-order chi connectivity index (χ1) is 13.3. The van der Waals surface area contributed by atoms with E-state index in [0.717, 1.165) is 4.79 Å². The van der Waals surface area contributed by atoms with E-state index in [1.165, 1.54) is 12.3 Å². The van der Waals surface area contributed by atoms with Gasteiger partial charge in [0.1, 0.15) is 6.61 Å². The molecule has 0 bridgehead atoms. The van der Waals surface area contributed by atoms with Crippen molar-refractivity contribution in [3.8, 4) is 5.75 Å². The summed E-state index contributed by atoms with van der Waals surface area (Å²) in [5.41, 5.74) is 6.21. The largest absolute Gasteiger partial charge is 0.481 e. The highest BCUT2D eigenvalue weighted by atomic mass is 79.9. The Labute approximate surface area is 176 Å². The first-order valence-electron chi connectivity index (χ1n) is 7.48. The van der Waals surface area contributed by atoms with Gasteiger partial charge in [-0.25, -0.2) is 0 Å². The lowest BCUT2D eigenvalue weighted by atomic mass is 10.2. The molecular weight excluding hydrogens is 477 g/mol. The molecule has 0 saturated heterocycles. The van der Waals surface area contributed by atoms with Gasteiger partial charge in [0.25, 0.3) is 5.95 Å². The summed E-state index contributed by atoms with van der Waals surface area (Å²) >= 11 is 15.3. The van der Waals surface area contributed by atoms with E-state index in [-0.39, 0.29) is 24.0 Å². The van der Waals surface area contributed by atoms with Crippen LogP contribution in [-0.2, 0) is 6.61 Å². The molecule has 0 saturated carbocycles. The van der Waals surface area contributed by atoms with Crippen molar-refractivity contribution in [1.29, 1.82) is 0 Å². The Bertz CT molecular complexity index is 1070. The molecule has 0 atom stereocenters. The Hall–Kier alpha value is -2.76. The summed E-state index contributed by atoms with van der Waals surface area (Å²) in [6, 6.07) is 7.79. The number of tetrazole rings is 1. The molecule has 144 valence electrons. The number of hydrogen-bond acceptors (Lipinski definition) is 8. The first kappa shape index (κ1) is 20.0. The molecule has 3 aromatic rings. The second kappa shape index (κ2) is 8.50. The third-order valence-electron chi connectivity index (χ3n) is 3.43. The second-order valence-electron chi connectivity index (χ2n) is 5.30. The summed E-state index contributed by atoms with van der Waals surface area (Å²) in [5, 5.41) is 26.8. The van der Waals surface area contributed by atoms with Crippen LogP contribution in [0.5, 0.6) is 5.75 Å². The van der Waals surface area contributed by atoms with Crippen LogP contribution in [0.2, 0.25) is 10.0 Å². The molecule has 2 N–H and O–H groups in total. The van der Waals surface area contributed by atoms with E-state index >= 15 is 0 Å². The average molecular weight is 487 g/mol. The van der Waals surface area contributed by atoms with Gasteiger partial charge in [0.2, 0.25) is 5.75 Å². The van der Waals surface area contributed by atoms with Gasteiger partial charge in [0, 0.05) is 31.7 Å². The Morgan fingerprint density at radius 2 is 2.14 bits per heavy atom. The fraction of sp³-hybridized carbons (Fsp3) is 0.0667. The number of nitrogens with two attached hydrogens (primary N) is 1. The van der Waals surface area contributed by atoms with Gasteiger partial charge in [-0.1, -0.05) is 55.1 Å². The number of benzene rings is 2. The number of nitrogens with zero attached hydrogens (tertiary/aromatic N) is 6. The third kappa shape index (κ3) is 4.55. The number of rotatable bonds is 6. The van der Waals surface area contributed by atoms with Crippen LogP contribution in [0.4, 0.5) is 11.6 Å². The van der Waals surface area contributed by atoms with Gasteiger partial charge < -0.3 is 10.5 Å². The van der Waals surface area contributed by atoms with E-state index in [1.807, 2.05) is 0 Å². The SMILES string of the molecule is Nc1nnnn1/N=C/c1cc(Br)cc([N+](=O)[O-])c1OCc1ccc(Cl)cc1Cl. The number of nitro groups is 1. The van der Waals surface area contributed by atoms with Gasteiger partial charge >= 0.3 is 5.69 Å². The van der Waals surface area contributed by atoms with Gasteiger partial charge in [-0.05, 0) is 28.6 Å². The summed E-state index contributed by atoms with van der Waals surface area (Å²) in [5.74, 6) is -0.0502. The molecule has 2 aromatic carbocycles. The minimum absolute atomic E-state index is 0.00499. The maximum absolute atomic E-state index is 11.5. The minimum atomic E-state index is -0.563. The Kier molecular flexibility index (Phi) is 6.07. The van der Waals surface area contributed by atoms with Crippen molar-refractivity contribution < 1.29 is 9.66 Å². The fourth-order valence-corrected chi connectivity index (χ4v) is 3.09. The van der Waals surface area contributed by atoms with Crippen molar-refractivity contribution in [2.75, 3.05) is 5.73 Å². The number of halogens is 3. The lowest BCUT2D eigenvalue weighted by Crippen LogP contribution is -2.04. The van der Waals surface area contributed by atoms with Crippen molar-refractivity contribution >= 4 is 57.0 Å². The predicted molar refractivity (Wildman–Crippen MR) is 107 cm³/mol. The molecule has 0 unspecified atom stereocenters. The number of hydrogen-bond donors (Lipinski definition) is 1. The number of aromatic nitrogens is 4. The topological polar surface area (TPSA) is 134 Å². The van der Waals surface area contributed by atoms with E-state index in [1.54, 1.807) is 24.3 Å². The number of nitro benzene ring substituents is 1. The van der Waals surface area contributed by atoms with E-state index in [2.05, 4.69) is 36.6 Å². The summed E-state index contributed by atoms with van der Waals surface area (Å²) in [6.45, 7) is -0.0215. The molecule has 0 fully saturated rings. The zero-order chi connectivity index (χ0) is 20.3. The zero-order valence-corrected chi connectivity index (χ0v) is 16.9. The molecular formula is C15H10BrCl2N7O3. The Morgan fingerprint density at radius 3 is 2.79 bits per heavy atom. The van der Waals surface area contributed by atoms with Crippen LogP contribution >= 0.6 is 39.1 Å². The molecule has 0 aliphatic rings. The normalized spacial score (nSPS) is 11.1. The standard InChI is InChI=1S/C15H10BrCl2N7O3/c16-10-3-9(6-20-24-15(19)21-22-23-24)14(13(4-10)25(26)27)28-7-8-1-2-11(17)5-12(8)18/h1-6H,7H2,(H2,19,21,23)/b20-6+. The van der Waals surface area contributed by atoms with Crippen molar-refractivity contribution in [2.24, 2.45) is 5.10 Å². The maximum Gasteiger partial charge on any atom is 0.312 e. The predicted octanol–water partition coefficient (Wildman–Crippen LogP) is 3.69. The Morgan fingerprint density at radius 1 is 1.36 bits per heavy atom. The third-order valence-corrected chi connectivity index (χ3v) is 4.47. The van der Waals surface area contributed by atoms with Crippen LogP contribution in [-0.4, -0.2) is 31.5 Å². The lowest BCUT2D eigenvalue weighted by molar-refractivity contribution is -0.386. The lowest BCUT2D eigenvalue weighted by Gasteiger charge is -2.11. The Balaban J connectivity index is 1.98. The zero-order valence-electron chi connectivity index (χ0n) is 13.8. The van der Waals surface area contributed by atoms with Crippen LogP contribution in [0.25, 0.3) is 0 Å². The van der Waals surface area contributed by atoms with Gasteiger partial charge in [0.15, 0.2) is 0 Å². The highest BCUT2D eigenvalue weighted by molar-refractivity contribution is 9.10.